The number of carbonyl (C=O) groups excluding carboxylic acids is 2. The van der Waals surface area contributed by atoms with E-state index in [2.05, 4.69) is 15.5 Å². The topological polar surface area (TPSA) is 88.3 Å². The maximum Gasteiger partial charge on any atom is 0.253 e. The highest BCUT2D eigenvalue weighted by atomic mass is 16.5. The van der Waals surface area contributed by atoms with E-state index in [1.54, 1.807) is 12.1 Å². The largest absolute Gasteiger partial charge is 0.339 e. The van der Waals surface area contributed by atoms with Crippen LogP contribution in [0.3, 0.4) is 0 Å². The van der Waals surface area contributed by atoms with Crippen LogP contribution in [-0.2, 0) is 4.79 Å². The van der Waals surface area contributed by atoms with Crippen LogP contribution in [0.1, 0.15) is 41.9 Å². The predicted octanol–water partition coefficient (Wildman–Crippen LogP) is 3.71. The summed E-state index contributed by atoms with van der Waals surface area (Å²) in [6.45, 7) is 2.77. The molecule has 3 aromatic rings. The molecule has 1 aromatic heterocycles. The van der Waals surface area contributed by atoms with Gasteiger partial charge in [0.2, 0.25) is 17.6 Å². The van der Waals surface area contributed by atoms with Crippen molar-refractivity contribution in [1.29, 1.82) is 0 Å². The molecule has 1 saturated heterocycles. The van der Waals surface area contributed by atoms with Crippen molar-refractivity contribution in [3.8, 4) is 11.4 Å². The van der Waals surface area contributed by atoms with E-state index in [-0.39, 0.29) is 17.7 Å². The van der Waals surface area contributed by atoms with E-state index < -0.39 is 0 Å². The molecule has 0 spiro atoms. The van der Waals surface area contributed by atoms with Crippen LogP contribution < -0.4 is 5.32 Å². The van der Waals surface area contributed by atoms with Gasteiger partial charge < -0.3 is 14.7 Å². The number of carbonyl (C=O) groups is 2. The summed E-state index contributed by atoms with van der Waals surface area (Å²) in [7, 11) is 0. The second kappa shape index (κ2) is 8.26. The molecule has 7 heteroatoms. The summed E-state index contributed by atoms with van der Waals surface area (Å²) in [5.41, 5.74) is 2.22. The van der Waals surface area contributed by atoms with Gasteiger partial charge in [0.15, 0.2) is 0 Å². The smallest absolute Gasteiger partial charge is 0.253 e. The van der Waals surface area contributed by atoms with Gasteiger partial charge in [0.1, 0.15) is 0 Å². The molecule has 1 fully saturated rings. The van der Waals surface area contributed by atoms with Crippen molar-refractivity contribution in [2.75, 3.05) is 18.4 Å². The Kier molecular flexibility index (Phi) is 5.37. The van der Waals surface area contributed by atoms with Crippen LogP contribution in [0.25, 0.3) is 11.4 Å². The van der Waals surface area contributed by atoms with Gasteiger partial charge in [0.05, 0.1) is 5.92 Å². The number of anilines is 1. The number of amides is 2. The number of nitrogens with one attached hydrogen (secondary N) is 1. The molecule has 0 aliphatic carbocycles. The number of benzene rings is 2. The highest BCUT2D eigenvalue weighted by molar-refractivity contribution is 5.94. The zero-order valence-corrected chi connectivity index (χ0v) is 16.2. The lowest BCUT2D eigenvalue weighted by Gasteiger charge is -2.31. The lowest BCUT2D eigenvalue weighted by molar-refractivity contribution is -0.114. The number of piperidine rings is 1. The zero-order chi connectivity index (χ0) is 20.2. The molecule has 0 unspecified atom stereocenters. The van der Waals surface area contributed by atoms with Crippen LogP contribution in [0, 0.1) is 0 Å². The molecule has 0 bridgehead atoms. The fraction of sp³-hybridized carbons (Fsp3) is 0.273. The number of nitrogens with zero attached hydrogens (tertiary/aromatic N) is 3. The Bertz CT molecular complexity index is 998. The van der Waals surface area contributed by atoms with Gasteiger partial charge in [0, 0.05) is 36.8 Å². The van der Waals surface area contributed by atoms with E-state index in [1.165, 1.54) is 6.92 Å². The second-order valence-corrected chi connectivity index (χ2v) is 7.17. The summed E-state index contributed by atoms with van der Waals surface area (Å²) in [6.07, 6.45) is 1.80. The Morgan fingerprint density at radius 3 is 2.59 bits per heavy atom. The van der Waals surface area contributed by atoms with Crippen molar-refractivity contribution < 1.29 is 14.1 Å². The fourth-order valence-electron chi connectivity index (χ4n) is 3.55. The van der Waals surface area contributed by atoms with Crippen LogP contribution in [-0.4, -0.2) is 39.9 Å². The maximum absolute atomic E-state index is 12.7. The monoisotopic (exact) mass is 390 g/mol. The van der Waals surface area contributed by atoms with E-state index in [0.717, 1.165) is 24.9 Å². The number of likely N-dealkylation sites (tertiary alicyclic amines) is 1. The number of aromatic nitrogens is 2. The molecule has 0 radical (unpaired) electrons. The van der Waals surface area contributed by atoms with Crippen LogP contribution in [0.2, 0.25) is 0 Å². The van der Waals surface area contributed by atoms with Crippen molar-refractivity contribution in [1.82, 2.24) is 15.0 Å². The Labute approximate surface area is 168 Å². The molecule has 2 heterocycles. The van der Waals surface area contributed by atoms with Crippen molar-refractivity contribution >= 4 is 17.5 Å². The van der Waals surface area contributed by atoms with E-state index in [0.29, 0.717) is 29.5 Å². The Hall–Kier alpha value is -3.48. The van der Waals surface area contributed by atoms with Crippen molar-refractivity contribution in [3.05, 3.63) is 66.1 Å². The molecule has 1 N–H and O–H groups in total. The van der Waals surface area contributed by atoms with Gasteiger partial charge in [-0.2, -0.15) is 4.98 Å². The lowest BCUT2D eigenvalue weighted by Crippen LogP contribution is -2.39. The van der Waals surface area contributed by atoms with Gasteiger partial charge >= 0.3 is 0 Å². The standard InChI is InChI=1S/C22H22N4O3/c1-15(27)23-19-11-9-16(10-12-19)20-24-21(29-25-20)18-8-5-13-26(14-18)22(28)17-6-3-2-4-7-17/h2-4,6-7,9-12,18H,5,8,13-14H2,1H3,(H,23,27)/t18-/m1/s1. The van der Waals surface area contributed by atoms with Crippen LogP contribution >= 0.6 is 0 Å². The third-order valence-electron chi connectivity index (χ3n) is 4.98. The summed E-state index contributed by atoms with van der Waals surface area (Å²) in [5.74, 6) is 0.990. The van der Waals surface area contributed by atoms with E-state index in [1.807, 2.05) is 47.4 Å². The Balaban J connectivity index is 1.46. The predicted molar refractivity (Wildman–Crippen MR) is 108 cm³/mol. The quantitative estimate of drug-likeness (QED) is 0.734. The molecule has 0 saturated carbocycles. The SMILES string of the molecule is CC(=O)Nc1ccc(-c2noc([C@@H]3CCCN(C(=O)c4ccccc4)C3)n2)cc1. The molecular formula is C22H22N4O3. The summed E-state index contributed by atoms with van der Waals surface area (Å²) in [4.78, 5) is 30.3. The molecule has 1 aliphatic rings. The van der Waals surface area contributed by atoms with Crippen LogP contribution in [0.15, 0.2) is 59.1 Å². The first-order valence-corrected chi connectivity index (χ1v) is 9.66. The lowest BCUT2D eigenvalue weighted by atomic mass is 9.97. The summed E-state index contributed by atoms with van der Waals surface area (Å²) in [6, 6.07) is 16.6. The molecule has 1 atom stereocenters. The van der Waals surface area contributed by atoms with Gasteiger partial charge in [-0.1, -0.05) is 23.4 Å². The van der Waals surface area contributed by atoms with Crippen LogP contribution in [0.4, 0.5) is 5.69 Å². The molecule has 2 aromatic carbocycles. The molecule has 148 valence electrons. The third-order valence-corrected chi connectivity index (χ3v) is 4.98. The zero-order valence-electron chi connectivity index (χ0n) is 16.2. The minimum atomic E-state index is -0.119. The second-order valence-electron chi connectivity index (χ2n) is 7.17. The van der Waals surface area contributed by atoms with E-state index in [9.17, 15) is 9.59 Å². The van der Waals surface area contributed by atoms with Gasteiger partial charge in [-0.3, -0.25) is 9.59 Å². The van der Waals surface area contributed by atoms with Crippen molar-refractivity contribution in [3.63, 3.8) is 0 Å². The summed E-state index contributed by atoms with van der Waals surface area (Å²) < 4.78 is 5.52. The molecule has 4 rings (SSSR count). The van der Waals surface area contributed by atoms with Crippen molar-refractivity contribution in [2.24, 2.45) is 0 Å². The third kappa shape index (κ3) is 4.34. The van der Waals surface area contributed by atoms with Crippen LogP contribution in [0.5, 0.6) is 0 Å². The number of rotatable bonds is 4. The average molecular weight is 390 g/mol. The number of hydrogen-bond donors (Lipinski definition) is 1. The fourth-order valence-corrected chi connectivity index (χ4v) is 3.55. The Morgan fingerprint density at radius 2 is 1.86 bits per heavy atom. The molecule has 1 aliphatic heterocycles. The first-order chi connectivity index (χ1) is 14.1. The molecule has 2 amide bonds. The highest BCUT2D eigenvalue weighted by Crippen LogP contribution is 2.28. The van der Waals surface area contributed by atoms with E-state index >= 15 is 0 Å². The minimum Gasteiger partial charge on any atom is -0.339 e. The average Bonchev–Trinajstić information content (AvgIpc) is 3.24. The van der Waals surface area contributed by atoms with Gasteiger partial charge in [-0.25, -0.2) is 0 Å². The molecule has 29 heavy (non-hydrogen) atoms. The maximum atomic E-state index is 12.7. The summed E-state index contributed by atoms with van der Waals surface area (Å²) in [5, 5.41) is 6.83. The van der Waals surface area contributed by atoms with Gasteiger partial charge in [0.25, 0.3) is 5.91 Å². The van der Waals surface area contributed by atoms with Gasteiger partial charge in [-0.05, 0) is 49.2 Å². The normalized spacial score (nSPS) is 16.4. The molecular weight excluding hydrogens is 368 g/mol. The highest BCUT2D eigenvalue weighted by Gasteiger charge is 2.29. The summed E-state index contributed by atoms with van der Waals surface area (Å²) >= 11 is 0. The minimum absolute atomic E-state index is 0.0244. The van der Waals surface area contributed by atoms with Crippen molar-refractivity contribution in [2.45, 2.75) is 25.7 Å². The van der Waals surface area contributed by atoms with E-state index in [4.69, 9.17) is 4.52 Å². The number of hydrogen-bond acceptors (Lipinski definition) is 5. The first kappa shape index (κ1) is 18.9. The van der Waals surface area contributed by atoms with Gasteiger partial charge in [-0.15, -0.1) is 0 Å². The first-order valence-electron chi connectivity index (χ1n) is 9.66. The molecule has 7 nitrogen and oxygen atoms in total. The Morgan fingerprint density at radius 1 is 1.10 bits per heavy atom.